The Bertz CT molecular complexity index is 270. The van der Waals surface area contributed by atoms with E-state index in [0.29, 0.717) is 11.8 Å². The SMILES string of the molecule is CCC(CCl)(CCl)CCCc1ccccc1. The van der Waals surface area contributed by atoms with Gasteiger partial charge in [0.05, 0.1) is 0 Å². The molecule has 0 aliphatic heterocycles. The normalized spacial score (nSPS) is 11.7. The van der Waals surface area contributed by atoms with Crippen LogP contribution >= 0.6 is 23.2 Å². The van der Waals surface area contributed by atoms with E-state index >= 15 is 0 Å². The second-order valence-corrected chi connectivity index (χ2v) is 4.99. The topological polar surface area (TPSA) is 0 Å². The van der Waals surface area contributed by atoms with Gasteiger partial charge >= 0.3 is 0 Å². The Hall–Kier alpha value is -0.200. The summed E-state index contributed by atoms with van der Waals surface area (Å²) in [4.78, 5) is 0. The summed E-state index contributed by atoms with van der Waals surface area (Å²) in [6.45, 7) is 2.17. The zero-order valence-electron chi connectivity index (χ0n) is 9.89. The highest BCUT2D eigenvalue weighted by Crippen LogP contribution is 2.31. The molecule has 0 bridgehead atoms. The number of rotatable bonds is 7. The van der Waals surface area contributed by atoms with Crippen LogP contribution in [0.15, 0.2) is 30.3 Å². The molecule has 0 spiro atoms. The van der Waals surface area contributed by atoms with Crippen molar-refractivity contribution in [2.75, 3.05) is 11.8 Å². The number of aryl methyl sites for hydroxylation is 1. The average molecular weight is 259 g/mol. The molecule has 1 aromatic rings. The van der Waals surface area contributed by atoms with E-state index in [1.807, 2.05) is 0 Å². The Labute approximate surface area is 109 Å². The van der Waals surface area contributed by atoms with Crippen LogP contribution in [0.4, 0.5) is 0 Å². The molecule has 0 saturated carbocycles. The predicted octanol–water partition coefficient (Wildman–Crippen LogP) is 4.88. The third kappa shape index (κ3) is 3.99. The minimum Gasteiger partial charge on any atom is -0.126 e. The Balaban J connectivity index is 2.39. The van der Waals surface area contributed by atoms with Crippen LogP contribution in [0.2, 0.25) is 0 Å². The van der Waals surface area contributed by atoms with Gasteiger partial charge in [0.25, 0.3) is 0 Å². The second kappa shape index (κ2) is 7.19. The van der Waals surface area contributed by atoms with Gasteiger partial charge in [-0.05, 0) is 36.7 Å². The summed E-state index contributed by atoms with van der Waals surface area (Å²) in [5, 5.41) is 0. The maximum Gasteiger partial charge on any atom is 0.0291 e. The molecule has 1 rings (SSSR count). The molecule has 0 heterocycles. The fourth-order valence-corrected chi connectivity index (χ4v) is 2.78. The van der Waals surface area contributed by atoms with Crippen molar-refractivity contribution in [1.82, 2.24) is 0 Å². The van der Waals surface area contributed by atoms with Gasteiger partial charge in [-0.2, -0.15) is 0 Å². The first kappa shape index (κ1) is 13.9. The van der Waals surface area contributed by atoms with Crippen LogP contribution in [0, 0.1) is 5.41 Å². The van der Waals surface area contributed by atoms with E-state index in [1.54, 1.807) is 0 Å². The molecule has 0 radical (unpaired) electrons. The smallest absolute Gasteiger partial charge is 0.0291 e. The zero-order chi connectivity index (χ0) is 11.9. The largest absolute Gasteiger partial charge is 0.126 e. The summed E-state index contributed by atoms with van der Waals surface area (Å²) in [6, 6.07) is 10.6. The Morgan fingerprint density at radius 3 is 2.19 bits per heavy atom. The van der Waals surface area contributed by atoms with Crippen LogP contribution in [0.25, 0.3) is 0 Å². The summed E-state index contributed by atoms with van der Waals surface area (Å²) in [7, 11) is 0. The van der Waals surface area contributed by atoms with Gasteiger partial charge in [-0.1, -0.05) is 37.3 Å². The minimum absolute atomic E-state index is 0.137. The molecule has 0 nitrogen and oxygen atoms in total. The number of benzene rings is 1. The van der Waals surface area contributed by atoms with Crippen LogP contribution in [0.5, 0.6) is 0 Å². The van der Waals surface area contributed by atoms with Crippen molar-refractivity contribution < 1.29 is 0 Å². The van der Waals surface area contributed by atoms with Gasteiger partial charge in [-0.25, -0.2) is 0 Å². The molecule has 0 aromatic heterocycles. The quantitative estimate of drug-likeness (QED) is 0.612. The van der Waals surface area contributed by atoms with Gasteiger partial charge < -0.3 is 0 Å². The number of hydrogen-bond donors (Lipinski definition) is 0. The lowest BCUT2D eigenvalue weighted by atomic mass is 9.83. The van der Waals surface area contributed by atoms with Gasteiger partial charge in [0.15, 0.2) is 0 Å². The summed E-state index contributed by atoms with van der Waals surface area (Å²) in [5.41, 5.74) is 1.54. The zero-order valence-corrected chi connectivity index (χ0v) is 11.4. The van der Waals surface area contributed by atoms with E-state index in [4.69, 9.17) is 23.2 Å². The molecule has 0 N–H and O–H groups in total. The van der Waals surface area contributed by atoms with Gasteiger partial charge in [0.2, 0.25) is 0 Å². The van der Waals surface area contributed by atoms with Crippen molar-refractivity contribution >= 4 is 23.2 Å². The van der Waals surface area contributed by atoms with Crippen LogP contribution < -0.4 is 0 Å². The highest BCUT2D eigenvalue weighted by atomic mass is 35.5. The van der Waals surface area contributed by atoms with Crippen LogP contribution in [-0.4, -0.2) is 11.8 Å². The molecule has 0 fully saturated rings. The second-order valence-electron chi connectivity index (χ2n) is 4.46. The third-order valence-electron chi connectivity index (χ3n) is 3.33. The number of hydrogen-bond acceptors (Lipinski definition) is 0. The molecule has 0 atom stereocenters. The van der Waals surface area contributed by atoms with Crippen molar-refractivity contribution in [2.24, 2.45) is 5.41 Å². The summed E-state index contributed by atoms with van der Waals surface area (Å²) in [6.07, 6.45) is 4.47. The maximum atomic E-state index is 6.02. The molecule has 2 heteroatoms. The fraction of sp³-hybridized carbons (Fsp3) is 0.571. The van der Waals surface area contributed by atoms with Crippen LogP contribution in [-0.2, 0) is 6.42 Å². The number of halogens is 2. The highest BCUT2D eigenvalue weighted by molar-refractivity contribution is 6.21. The van der Waals surface area contributed by atoms with Gasteiger partial charge in [0.1, 0.15) is 0 Å². The van der Waals surface area contributed by atoms with Crippen molar-refractivity contribution in [1.29, 1.82) is 0 Å². The minimum atomic E-state index is 0.137. The fourth-order valence-electron chi connectivity index (χ4n) is 1.85. The van der Waals surface area contributed by atoms with E-state index in [-0.39, 0.29) is 5.41 Å². The van der Waals surface area contributed by atoms with Gasteiger partial charge in [0, 0.05) is 11.8 Å². The van der Waals surface area contributed by atoms with E-state index in [2.05, 4.69) is 37.3 Å². The third-order valence-corrected chi connectivity index (χ3v) is 4.47. The lowest BCUT2D eigenvalue weighted by Crippen LogP contribution is -2.24. The average Bonchev–Trinajstić information content (AvgIpc) is 2.37. The highest BCUT2D eigenvalue weighted by Gasteiger charge is 2.25. The van der Waals surface area contributed by atoms with E-state index < -0.39 is 0 Å². The predicted molar refractivity (Wildman–Crippen MR) is 73.5 cm³/mol. The molecule has 90 valence electrons. The first-order valence-electron chi connectivity index (χ1n) is 5.92. The van der Waals surface area contributed by atoms with E-state index in [1.165, 1.54) is 5.56 Å². The molecule has 0 unspecified atom stereocenters. The molecular weight excluding hydrogens is 239 g/mol. The Kier molecular flexibility index (Phi) is 6.23. The maximum absolute atomic E-state index is 6.02. The van der Waals surface area contributed by atoms with Crippen LogP contribution in [0.1, 0.15) is 31.7 Å². The standard InChI is InChI=1S/C14H20Cl2/c1-2-14(11-15,12-16)10-6-9-13-7-4-3-5-8-13/h3-5,7-8H,2,6,9-12H2,1H3. The first-order chi connectivity index (χ1) is 7.76. The summed E-state index contributed by atoms with van der Waals surface area (Å²) in [5.74, 6) is 1.34. The molecule has 0 saturated heterocycles. The Morgan fingerprint density at radius 2 is 1.69 bits per heavy atom. The lowest BCUT2D eigenvalue weighted by Gasteiger charge is -2.27. The van der Waals surface area contributed by atoms with E-state index in [9.17, 15) is 0 Å². The molecular formula is C14H20Cl2. The molecule has 0 aliphatic rings. The number of alkyl halides is 2. The lowest BCUT2D eigenvalue weighted by molar-refractivity contribution is 0.324. The van der Waals surface area contributed by atoms with Crippen molar-refractivity contribution in [2.45, 2.75) is 32.6 Å². The first-order valence-corrected chi connectivity index (χ1v) is 6.99. The monoisotopic (exact) mass is 258 g/mol. The molecule has 0 aliphatic carbocycles. The van der Waals surface area contributed by atoms with Crippen molar-refractivity contribution in [3.8, 4) is 0 Å². The summed E-state index contributed by atoms with van der Waals surface area (Å²) >= 11 is 12.0. The molecule has 0 amide bonds. The Morgan fingerprint density at radius 1 is 1.06 bits per heavy atom. The van der Waals surface area contributed by atoms with Gasteiger partial charge in [-0.15, -0.1) is 23.2 Å². The summed E-state index contributed by atoms with van der Waals surface area (Å²) < 4.78 is 0. The van der Waals surface area contributed by atoms with Crippen molar-refractivity contribution in [3.05, 3.63) is 35.9 Å². The van der Waals surface area contributed by atoms with E-state index in [0.717, 1.165) is 25.7 Å². The molecule has 16 heavy (non-hydrogen) atoms. The van der Waals surface area contributed by atoms with Crippen molar-refractivity contribution in [3.63, 3.8) is 0 Å². The molecule has 1 aromatic carbocycles. The van der Waals surface area contributed by atoms with Crippen LogP contribution in [0.3, 0.4) is 0 Å². The van der Waals surface area contributed by atoms with Gasteiger partial charge in [-0.3, -0.25) is 0 Å².